The molecule has 0 bridgehead atoms. The van der Waals surface area contributed by atoms with Crippen molar-refractivity contribution in [3.05, 3.63) is 17.8 Å². The second-order valence-electron chi connectivity index (χ2n) is 5.80. The summed E-state index contributed by atoms with van der Waals surface area (Å²) in [6, 6.07) is 0. The standard InChI is InChI=1S/C14H19N5O2/c1-9-2-4-21-11(6-9)14-16-13(17-18-14)10-7-15-12-8-20-5-3-19(10)12/h7,9,11H,2-6,8H2,1H3,(H,16,17,18)/t9-,11+/m1/s1. The van der Waals surface area contributed by atoms with E-state index in [0.29, 0.717) is 25.0 Å². The van der Waals surface area contributed by atoms with E-state index in [9.17, 15) is 0 Å². The third-order valence-electron chi connectivity index (χ3n) is 4.21. The van der Waals surface area contributed by atoms with Crippen LogP contribution in [0.4, 0.5) is 0 Å². The van der Waals surface area contributed by atoms with E-state index in [-0.39, 0.29) is 6.10 Å². The molecule has 1 N–H and O–H groups in total. The highest BCUT2D eigenvalue weighted by Gasteiger charge is 2.25. The second-order valence-corrected chi connectivity index (χ2v) is 5.80. The van der Waals surface area contributed by atoms with Crippen molar-refractivity contribution in [1.29, 1.82) is 0 Å². The van der Waals surface area contributed by atoms with Crippen molar-refractivity contribution < 1.29 is 9.47 Å². The highest BCUT2D eigenvalue weighted by molar-refractivity contribution is 5.49. The van der Waals surface area contributed by atoms with Crippen molar-refractivity contribution >= 4 is 0 Å². The van der Waals surface area contributed by atoms with Gasteiger partial charge >= 0.3 is 0 Å². The normalized spacial score (nSPS) is 25.8. The van der Waals surface area contributed by atoms with Gasteiger partial charge in [0.25, 0.3) is 0 Å². The number of H-pyrrole nitrogens is 1. The second kappa shape index (κ2) is 5.23. The van der Waals surface area contributed by atoms with Gasteiger partial charge in [0.1, 0.15) is 24.2 Å². The van der Waals surface area contributed by atoms with Crippen LogP contribution < -0.4 is 0 Å². The van der Waals surface area contributed by atoms with Gasteiger partial charge in [-0.05, 0) is 18.8 Å². The van der Waals surface area contributed by atoms with Crippen molar-refractivity contribution in [3.8, 4) is 11.5 Å². The summed E-state index contributed by atoms with van der Waals surface area (Å²) in [5.41, 5.74) is 0.944. The van der Waals surface area contributed by atoms with Gasteiger partial charge in [-0.25, -0.2) is 9.97 Å². The molecule has 1 saturated heterocycles. The molecule has 112 valence electrons. The largest absolute Gasteiger partial charge is 0.372 e. The molecule has 7 nitrogen and oxygen atoms in total. The van der Waals surface area contributed by atoms with E-state index in [0.717, 1.165) is 43.3 Å². The quantitative estimate of drug-likeness (QED) is 0.910. The molecular formula is C14H19N5O2. The van der Waals surface area contributed by atoms with E-state index in [4.69, 9.17) is 9.47 Å². The lowest BCUT2D eigenvalue weighted by Gasteiger charge is -2.25. The molecule has 2 aromatic heterocycles. The Bertz CT molecular complexity index is 635. The van der Waals surface area contributed by atoms with Crippen LogP contribution in [0, 0.1) is 5.92 Å². The molecule has 0 aliphatic carbocycles. The minimum absolute atomic E-state index is 0.0297. The van der Waals surface area contributed by atoms with E-state index < -0.39 is 0 Å². The molecule has 0 amide bonds. The molecule has 7 heteroatoms. The summed E-state index contributed by atoms with van der Waals surface area (Å²) >= 11 is 0. The number of ether oxygens (including phenoxy) is 2. The molecule has 21 heavy (non-hydrogen) atoms. The van der Waals surface area contributed by atoms with Gasteiger partial charge in [0.2, 0.25) is 0 Å². The Hall–Kier alpha value is -1.73. The van der Waals surface area contributed by atoms with Crippen LogP contribution in [0.3, 0.4) is 0 Å². The molecule has 0 saturated carbocycles. The molecule has 2 atom stereocenters. The van der Waals surface area contributed by atoms with Crippen molar-refractivity contribution in [2.75, 3.05) is 13.2 Å². The summed E-state index contributed by atoms with van der Waals surface area (Å²) in [5.74, 6) is 3.11. The Morgan fingerprint density at radius 1 is 1.38 bits per heavy atom. The van der Waals surface area contributed by atoms with Gasteiger partial charge in [0.15, 0.2) is 11.6 Å². The summed E-state index contributed by atoms with van der Waals surface area (Å²) in [5, 5.41) is 7.38. The third-order valence-corrected chi connectivity index (χ3v) is 4.21. The van der Waals surface area contributed by atoms with Gasteiger partial charge in [-0.2, -0.15) is 5.10 Å². The molecular weight excluding hydrogens is 270 g/mol. The van der Waals surface area contributed by atoms with E-state index in [1.54, 1.807) is 0 Å². The molecule has 4 heterocycles. The van der Waals surface area contributed by atoms with E-state index in [1.807, 2.05) is 6.20 Å². The van der Waals surface area contributed by atoms with Gasteiger partial charge in [0, 0.05) is 13.2 Å². The summed E-state index contributed by atoms with van der Waals surface area (Å²) in [7, 11) is 0. The SMILES string of the molecule is C[C@@H]1CCO[C@H](c2nc(-c3cnc4n3CCOC4)n[nH]2)C1. The van der Waals surface area contributed by atoms with Crippen LogP contribution in [0.25, 0.3) is 11.5 Å². The molecule has 2 aliphatic heterocycles. The summed E-state index contributed by atoms with van der Waals surface area (Å²) < 4.78 is 13.3. The van der Waals surface area contributed by atoms with Crippen molar-refractivity contribution in [2.24, 2.45) is 5.92 Å². The number of hydrogen-bond acceptors (Lipinski definition) is 5. The lowest BCUT2D eigenvalue weighted by atomic mass is 9.97. The lowest BCUT2D eigenvalue weighted by molar-refractivity contribution is -0.0112. The highest BCUT2D eigenvalue weighted by atomic mass is 16.5. The zero-order valence-corrected chi connectivity index (χ0v) is 12.1. The average molecular weight is 289 g/mol. The maximum atomic E-state index is 5.80. The van der Waals surface area contributed by atoms with E-state index >= 15 is 0 Å². The molecule has 1 fully saturated rings. The Kier molecular flexibility index (Phi) is 3.23. The van der Waals surface area contributed by atoms with E-state index in [2.05, 4.69) is 31.7 Å². The minimum Gasteiger partial charge on any atom is -0.372 e. The minimum atomic E-state index is 0.0297. The Balaban J connectivity index is 1.61. The Morgan fingerprint density at radius 3 is 3.24 bits per heavy atom. The van der Waals surface area contributed by atoms with Crippen LogP contribution in [0.2, 0.25) is 0 Å². The Labute approximate surface area is 122 Å². The maximum absolute atomic E-state index is 5.80. The van der Waals surface area contributed by atoms with Crippen LogP contribution in [0.1, 0.15) is 37.5 Å². The molecule has 2 aromatic rings. The number of nitrogens with one attached hydrogen (secondary N) is 1. The average Bonchev–Trinajstić information content (AvgIpc) is 3.14. The lowest BCUT2D eigenvalue weighted by Crippen LogP contribution is -2.19. The smallest absolute Gasteiger partial charge is 0.199 e. The van der Waals surface area contributed by atoms with Gasteiger partial charge in [-0.15, -0.1) is 0 Å². The number of aromatic nitrogens is 5. The first-order chi connectivity index (χ1) is 10.3. The fourth-order valence-electron chi connectivity index (χ4n) is 2.96. The predicted molar refractivity (Wildman–Crippen MR) is 74.4 cm³/mol. The molecule has 0 unspecified atom stereocenters. The molecule has 0 aromatic carbocycles. The van der Waals surface area contributed by atoms with Crippen LogP contribution in [0.5, 0.6) is 0 Å². The first-order valence-electron chi connectivity index (χ1n) is 7.47. The number of hydrogen-bond donors (Lipinski definition) is 1. The van der Waals surface area contributed by atoms with Crippen LogP contribution in [-0.2, 0) is 22.6 Å². The number of imidazole rings is 1. The van der Waals surface area contributed by atoms with Crippen LogP contribution in [0.15, 0.2) is 6.20 Å². The Morgan fingerprint density at radius 2 is 2.33 bits per heavy atom. The molecule has 0 spiro atoms. The zero-order chi connectivity index (χ0) is 14.2. The number of fused-ring (bicyclic) bond motifs is 1. The van der Waals surface area contributed by atoms with Gasteiger partial charge in [-0.1, -0.05) is 6.92 Å². The molecule has 2 aliphatic rings. The van der Waals surface area contributed by atoms with Crippen LogP contribution in [-0.4, -0.2) is 37.9 Å². The fourth-order valence-corrected chi connectivity index (χ4v) is 2.96. The highest BCUT2D eigenvalue weighted by Crippen LogP contribution is 2.30. The zero-order valence-electron chi connectivity index (χ0n) is 12.1. The van der Waals surface area contributed by atoms with E-state index in [1.165, 1.54) is 0 Å². The van der Waals surface area contributed by atoms with Gasteiger partial charge in [-0.3, -0.25) is 5.10 Å². The van der Waals surface area contributed by atoms with Gasteiger partial charge < -0.3 is 14.0 Å². The third kappa shape index (κ3) is 2.36. The molecule has 4 rings (SSSR count). The number of nitrogens with zero attached hydrogens (tertiary/aromatic N) is 4. The summed E-state index contributed by atoms with van der Waals surface area (Å²) in [6.07, 6.45) is 3.96. The van der Waals surface area contributed by atoms with Crippen LogP contribution >= 0.6 is 0 Å². The number of rotatable bonds is 2. The number of aromatic amines is 1. The van der Waals surface area contributed by atoms with Crippen molar-refractivity contribution in [1.82, 2.24) is 24.7 Å². The topological polar surface area (TPSA) is 77.8 Å². The predicted octanol–water partition coefficient (Wildman–Crippen LogP) is 1.69. The van der Waals surface area contributed by atoms with Gasteiger partial charge in [0.05, 0.1) is 12.8 Å². The summed E-state index contributed by atoms with van der Waals surface area (Å²) in [4.78, 5) is 9.01. The van der Waals surface area contributed by atoms with Crippen molar-refractivity contribution in [2.45, 2.75) is 39.0 Å². The molecule has 0 radical (unpaired) electrons. The first-order valence-corrected chi connectivity index (χ1v) is 7.47. The first kappa shape index (κ1) is 13.0. The fraction of sp³-hybridized carbons (Fsp3) is 0.643. The summed E-state index contributed by atoms with van der Waals surface area (Å²) in [6.45, 7) is 5.10. The monoisotopic (exact) mass is 289 g/mol. The van der Waals surface area contributed by atoms with Crippen molar-refractivity contribution in [3.63, 3.8) is 0 Å². The maximum Gasteiger partial charge on any atom is 0.199 e.